The monoisotopic (exact) mass is 444 g/mol. The molecule has 7 nitrogen and oxygen atoms in total. The molecule has 2 aromatic rings. The zero-order valence-electron chi connectivity index (χ0n) is 16.7. The van der Waals surface area contributed by atoms with Crippen LogP contribution < -0.4 is 9.47 Å². The van der Waals surface area contributed by atoms with Crippen LogP contribution in [0.2, 0.25) is 0 Å². The molecule has 1 saturated heterocycles. The van der Waals surface area contributed by atoms with Crippen molar-refractivity contribution in [3.05, 3.63) is 68.1 Å². The fourth-order valence-corrected chi connectivity index (χ4v) is 3.87. The first kappa shape index (κ1) is 21.8. The van der Waals surface area contributed by atoms with Gasteiger partial charge in [-0.05, 0) is 49.2 Å². The topological polar surface area (TPSA) is 81.9 Å². The number of thioether (sulfide) groups is 1. The molecule has 0 unspecified atom stereocenters. The van der Waals surface area contributed by atoms with Crippen molar-refractivity contribution in [3.63, 3.8) is 0 Å². The number of likely N-dealkylation sites (N-methyl/N-ethyl adjacent to an activating group) is 1. The minimum absolute atomic E-state index is 0.0908. The van der Waals surface area contributed by atoms with Crippen LogP contribution in [0, 0.1) is 24.0 Å². The largest absolute Gasteiger partial charge is 0.490 e. The van der Waals surface area contributed by atoms with E-state index in [1.165, 1.54) is 28.7 Å². The highest BCUT2D eigenvalue weighted by molar-refractivity contribution is 8.26. The lowest BCUT2D eigenvalue weighted by Crippen LogP contribution is -2.22. The number of benzene rings is 2. The van der Waals surface area contributed by atoms with Gasteiger partial charge >= 0.3 is 0 Å². The van der Waals surface area contributed by atoms with Crippen molar-refractivity contribution in [2.75, 3.05) is 20.3 Å². The van der Waals surface area contributed by atoms with E-state index in [2.05, 4.69) is 0 Å². The summed E-state index contributed by atoms with van der Waals surface area (Å²) in [5.74, 6) is 0.920. The van der Waals surface area contributed by atoms with Gasteiger partial charge in [-0.1, -0.05) is 30.0 Å². The van der Waals surface area contributed by atoms with Crippen LogP contribution >= 0.6 is 24.0 Å². The van der Waals surface area contributed by atoms with Crippen molar-refractivity contribution in [1.82, 2.24) is 4.90 Å². The normalized spacial score (nSPS) is 15.0. The summed E-state index contributed by atoms with van der Waals surface area (Å²) in [6, 6.07) is 10.1. The van der Waals surface area contributed by atoms with E-state index in [1.54, 1.807) is 13.1 Å². The molecule has 0 atom stereocenters. The summed E-state index contributed by atoms with van der Waals surface area (Å²) in [4.78, 5) is 24.7. The van der Waals surface area contributed by atoms with Gasteiger partial charge in [0.05, 0.1) is 9.83 Å². The molecule has 2 aromatic carbocycles. The average Bonchev–Trinajstić information content (AvgIpc) is 2.95. The number of nitro benzene ring substituents is 1. The third-order valence-electron chi connectivity index (χ3n) is 4.57. The van der Waals surface area contributed by atoms with Gasteiger partial charge in [-0.3, -0.25) is 19.8 Å². The Morgan fingerprint density at radius 2 is 1.87 bits per heavy atom. The van der Waals surface area contributed by atoms with Gasteiger partial charge in [0.25, 0.3) is 11.6 Å². The van der Waals surface area contributed by atoms with E-state index in [0.717, 1.165) is 23.1 Å². The first-order chi connectivity index (χ1) is 14.3. The molecule has 0 saturated carbocycles. The average molecular weight is 445 g/mol. The van der Waals surface area contributed by atoms with E-state index in [1.807, 2.05) is 32.0 Å². The summed E-state index contributed by atoms with van der Waals surface area (Å²) in [5.41, 5.74) is 2.67. The van der Waals surface area contributed by atoms with E-state index >= 15 is 0 Å². The van der Waals surface area contributed by atoms with Crippen molar-refractivity contribution in [3.8, 4) is 11.5 Å². The van der Waals surface area contributed by atoms with Crippen LogP contribution in [-0.2, 0) is 4.79 Å². The van der Waals surface area contributed by atoms with E-state index < -0.39 is 4.92 Å². The molecule has 0 N–H and O–H groups in total. The number of ether oxygens (including phenoxy) is 2. The molecule has 30 heavy (non-hydrogen) atoms. The third kappa shape index (κ3) is 4.98. The van der Waals surface area contributed by atoms with Gasteiger partial charge in [0.15, 0.2) is 0 Å². The zero-order chi connectivity index (χ0) is 21.8. The lowest BCUT2D eigenvalue weighted by molar-refractivity contribution is -0.384. The molecule has 0 aromatic heterocycles. The molecular formula is C21H20N2O5S2. The van der Waals surface area contributed by atoms with Crippen molar-refractivity contribution in [2.45, 2.75) is 13.8 Å². The number of hydrogen-bond acceptors (Lipinski definition) is 7. The van der Waals surface area contributed by atoms with Crippen LogP contribution in [-0.4, -0.2) is 40.3 Å². The Morgan fingerprint density at radius 3 is 2.50 bits per heavy atom. The van der Waals surface area contributed by atoms with E-state index in [-0.39, 0.29) is 18.2 Å². The predicted molar refractivity (Wildman–Crippen MR) is 121 cm³/mol. The van der Waals surface area contributed by atoms with E-state index in [4.69, 9.17) is 21.7 Å². The molecule has 1 aliphatic heterocycles. The minimum Gasteiger partial charge on any atom is -0.490 e. The van der Waals surface area contributed by atoms with Gasteiger partial charge in [0, 0.05) is 24.7 Å². The lowest BCUT2D eigenvalue weighted by Gasteiger charge is -2.12. The lowest BCUT2D eigenvalue weighted by atomic mass is 10.1. The molecule has 1 amide bonds. The molecule has 0 radical (unpaired) electrons. The van der Waals surface area contributed by atoms with E-state index in [0.29, 0.717) is 27.1 Å². The fourth-order valence-electron chi connectivity index (χ4n) is 2.70. The minimum atomic E-state index is -0.491. The zero-order valence-corrected chi connectivity index (χ0v) is 18.3. The fraction of sp³-hybridized carbons (Fsp3) is 0.238. The van der Waals surface area contributed by atoms with Gasteiger partial charge in [0.1, 0.15) is 29.0 Å². The summed E-state index contributed by atoms with van der Waals surface area (Å²) in [6.07, 6.45) is 1.56. The number of rotatable bonds is 7. The van der Waals surface area contributed by atoms with Crippen molar-refractivity contribution in [2.24, 2.45) is 0 Å². The molecule has 3 rings (SSSR count). The Labute approximate surface area is 183 Å². The Bertz CT molecular complexity index is 1050. The number of amides is 1. The highest BCUT2D eigenvalue weighted by atomic mass is 32.2. The number of carbonyl (C=O) groups excluding carboxylic acids is 1. The maximum atomic E-state index is 12.3. The Hall–Kier alpha value is -2.91. The summed E-state index contributed by atoms with van der Waals surface area (Å²) >= 11 is 6.28. The van der Waals surface area contributed by atoms with Gasteiger partial charge in [-0.15, -0.1) is 0 Å². The standard InChI is InChI=1S/C21H20N2O5S2/c1-13-4-6-17(10-14(13)2)27-8-9-28-18-7-5-16(23(25)26)11-15(18)12-19-20(24)22(3)21(29)30-19/h4-7,10-12H,8-9H2,1-3H3/b19-12-. The van der Waals surface area contributed by atoms with Gasteiger partial charge < -0.3 is 9.47 Å². The predicted octanol–water partition coefficient (Wildman–Crippen LogP) is 4.50. The SMILES string of the molecule is Cc1ccc(OCCOc2ccc([N+](=O)[O-])cc2/C=C2\SC(=S)N(C)C2=O)cc1C. The maximum absolute atomic E-state index is 12.3. The second-order valence-electron chi connectivity index (χ2n) is 6.66. The van der Waals surface area contributed by atoms with Crippen molar-refractivity contribution in [1.29, 1.82) is 0 Å². The highest BCUT2D eigenvalue weighted by Crippen LogP contribution is 2.34. The second-order valence-corrected chi connectivity index (χ2v) is 8.34. The van der Waals surface area contributed by atoms with Crippen molar-refractivity contribution < 1.29 is 19.2 Å². The van der Waals surface area contributed by atoms with Crippen LogP contribution in [0.3, 0.4) is 0 Å². The van der Waals surface area contributed by atoms with Gasteiger partial charge in [0.2, 0.25) is 0 Å². The molecular weight excluding hydrogens is 424 g/mol. The molecule has 9 heteroatoms. The quantitative estimate of drug-likeness (QED) is 0.204. The number of carbonyl (C=O) groups is 1. The number of nitrogens with zero attached hydrogens (tertiary/aromatic N) is 2. The Balaban J connectivity index is 1.74. The molecule has 0 bridgehead atoms. The summed E-state index contributed by atoms with van der Waals surface area (Å²) in [7, 11) is 1.59. The Kier molecular flexibility index (Phi) is 6.73. The number of nitro groups is 1. The van der Waals surface area contributed by atoms with Crippen LogP contribution in [0.5, 0.6) is 11.5 Å². The van der Waals surface area contributed by atoms with Crippen molar-refractivity contribution >= 4 is 46.0 Å². The summed E-state index contributed by atoms with van der Waals surface area (Å²) < 4.78 is 11.9. The number of hydrogen-bond donors (Lipinski definition) is 0. The van der Waals surface area contributed by atoms with Crippen LogP contribution in [0.25, 0.3) is 6.08 Å². The summed E-state index contributed by atoms with van der Waals surface area (Å²) in [6.45, 7) is 4.59. The van der Waals surface area contributed by atoms with Crippen LogP contribution in [0.15, 0.2) is 41.3 Å². The molecule has 1 fully saturated rings. The number of aryl methyl sites for hydroxylation is 2. The van der Waals surface area contributed by atoms with Gasteiger partial charge in [-0.25, -0.2) is 0 Å². The van der Waals surface area contributed by atoms with Crippen LogP contribution in [0.1, 0.15) is 16.7 Å². The van der Waals surface area contributed by atoms with E-state index in [9.17, 15) is 14.9 Å². The first-order valence-corrected chi connectivity index (χ1v) is 10.3. The molecule has 1 aliphatic rings. The van der Waals surface area contributed by atoms with Crippen LogP contribution in [0.4, 0.5) is 5.69 Å². The molecule has 0 spiro atoms. The second kappa shape index (κ2) is 9.27. The number of thiocarbonyl (C=S) groups is 1. The maximum Gasteiger partial charge on any atom is 0.270 e. The molecule has 156 valence electrons. The first-order valence-electron chi connectivity index (χ1n) is 9.09. The smallest absolute Gasteiger partial charge is 0.270 e. The van der Waals surface area contributed by atoms with Gasteiger partial charge in [-0.2, -0.15) is 0 Å². The Morgan fingerprint density at radius 1 is 1.13 bits per heavy atom. The third-order valence-corrected chi connectivity index (χ3v) is 6.05. The summed E-state index contributed by atoms with van der Waals surface area (Å²) in [5, 5.41) is 11.2. The molecule has 1 heterocycles. The molecule has 0 aliphatic carbocycles. The number of non-ortho nitro benzene ring substituents is 1. The highest BCUT2D eigenvalue weighted by Gasteiger charge is 2.29.